The van der Waals surface area contributed by atoms with E-state index in [0.29, 0.717) is 23.9 Å². The number of hydrogen-bond acceptors (Lipinski definition) is 3. The quantitative estimate of drug-likeness (QED) is 0.730. The summed E-state index contributed by atoms with van der Waals surface area (Å²) in [5, 5.41) is 12.2. The Bertz CT molecular complexity index is 422. The first-order valence-corrected chi connectivity index (χ1v) is 6.83. The van der Waals surface area contributed by atoms with Crippen LogP contribution in [0.5, 0.6) is 0 Å². The minimum absolute atomic E-state index is 0.0607. The Morgan fingerprint density at radius 2 is 2.17 bits per heavy atom. The highest BCUT2D eigenvalue weighted by Gasteiger charge is 2.26. The molecule has 1 aliphatic rings. The molecule has 1 aromatic carbocycles. The molecule has 1 amide bonds. The number of aliphatic hydroxyl groups is 1. The molecule has 3 nitrogen and oxygen atoms in total. The summed E-state index contributed by atoms with van der Waals surface area (Å²) in [5.41, 5.74) is 0.640. The fourth-order valence-electron chi connectivity index (χ4n) is 2.60. The molecule has 2 rings (SSSR count). The van der Waals surface area contributed by atoms with Gasteiger partial charge < -0.3 is 10.4 Å². The number of hydrogen-bond donors (Lipinski definition) is 3. The van der Waals surface area contributed by atoms with E-state index in [-0.39, 0.29) is 12.5 Å². The molecule has 1 aromatic rings. The van der Waals surface area contributed by atoms with Gasteiger partial charge in [-0.2, -0.15) is 0 Å². The highest BCUT2D eigenvalue weighted by molar-refractivity contribution is 7.80. The monoisotopic (exact) mass is 265 g/mol. The normalized spacial score (nSPS) is 23.0. The van der Waals surface area contributed by atoms with Crippen molar-refractivity contribution in [3.05, 3.63) is 29.8 Å². The summed E-state index contributed by atoms with van der Waals surface area (Å²) in [6, 6.07) is 7.21. The molecule has 1 fully saturated rings. The van der Waals surface area contributed by atoms with E-state index in [9.17, 15) is 9.90 Å². The maximum absolute atomic E-state index is 11.9. The largest absolute Gasteiger partial charge is 0.396 e. The minimum atomic E-state index is -0.0607. The molecule has 18 heavy (non-hydrogen) atoms. The lowest BCUT2D eigenvalue weighted by molar-refractivity contribution is 0.0937. The van der Waals surface area contributed by atoms with E-state index in [4.69, 9.17) is 0 Å². The lowest BCUT2D eigenvalue weighted by Crippen LogP contribution is -2.31. The van der Waals surface area contributed by atoms with Gasteiger partial charge in [0.2, 0.25) is 0 Å². The van der Waals surface area contributed by atoms with Gasteiger partial charge in [0, 0.05) is 23.6 Å². The molecular formula is C14H19NO2S. The maximum atomic E-state index is 11.9. The third kappa shape index (κ3) is 3.27. The molecule has 1 saturated carbocycles. The van der Waals surface area contributed by atoms with Gasteiger partial charge in [-0.05, 0) is 42.9 Å². The topological polar surface area (TPSA) is 49.3 Å². The second kappa shape index (κ2) is 6.25. The third-order valence-corrected chi connectivity index (χ3v) is 3.96. The van der Waals surface area contributed by atoms with Crippen LogP contribution in [0.4, 0.5) is 0 Å². The first-order chi connectivity index (χ1) is 8.70. The molecule has 4 heteroatoms. The molecule has 98 valence electrons. The highest BCUT2D eigenvalue weighted by atomic mass is 32.1. The van der Waals surface area contributed by atoms with Crippen molar-refractivity contribution in [2.45, 2.75) is 24.2 Å². The Hall–Kier alpha value is -1.00. The van der Waals surface area contributed by atoms with Gasteiger partial charge in [0.25, 0.3) is 5.91 Å². The number of carbonyl (C=O) groups is 1. The zero-order valence-corrected chi connectivity index (χ0v) is 11.2. The van der Waals surface area contributed by atoms with Gasteiger partial charge in [-0.15, -0.1) is 12.6 Å². The average molecular weight is 265 g/mol. The van der Waals surface area contributed by atoms with Crippen molar-refractivity contribution >= 4 is 18.5 Å². The van der Waals surface area contributed by atoms with Crippen LogP contribution in [0.15, 0.2) is 29.2 Å². The Balaban J connectivity index is 1.88. The van der Waals surface area contributed by atoms with Gasteiger partial charge in [0.15, 0.2) is 0 Å². The van der Waals surface area contributed by atoms with Gasteiger partial charge in [-0.25, -0.2) is 0 Å². The number of thiol groups is 1. The number of nitrogens with one attached hydrogen (secondary N) is 1. The fraction of sp³-hybridized carbons (Fsp3) is 0.500. The van der Waals surface area contributed by atoms with Crippen molar-refractivity contribution in [3.8, 4) is 0 Å². The number of benzene rings is 1. The Morgan fingerprint density at radius 1 is 1.39 bits per heavy atom. The van der Waals surface area contributed by atoms with Crippen LogP contribution in [-0.4, -0.2) is 24.2 Å². The molecule has 2 N–H and O–H groups in total. The number of amides is 1. The predicted molar refractivity (Wildman–Crippen MR) is 73.9 cm³/mol. The van der Waals surface area contributed by atoms with Crippen molar-refractivity contribution in [3.63, 3.8) is 0 Å². The molecule has 0 aliphatic heterocycles. The molecule has 1 aliphatic carbocycles. The van der Waals surface area contributed by atoms with E-state index in [1.165, 1.54) is 0 Å². The van der Waals surface area contributed by atoms with Crippen molar-refractivity contribution in [2.75, 3.05) is 13.2 Å². The number of carbonyl (C=O) groups excluding carboxylic acids is 1. The Morgan fingerprint density at radius 3 is 2.89 bits per heavy atom. The van der Waals surface area contributed by atoms with Gasteiger partial charge in [-0.3, -0.25) is 4.79 Å². The molecular weight excluding hydrogens is 246 g/mol. The average Bonchev–Trinajstić information content (AvgIpc) is 2.83. The smallest absolute Gasteiger partial charge is 0.251 e. The maximum Gasteiger partial charge on any atom is 0.251 e. The number of aliphatic hydroxyl groups excluding tert-OH is 1. The van der Waals surface area contributed by atoms with E-state index in [0.717, 1.165) is 24.2 Å². The van der Waals surface area contributed by atoms with Gasteiger partial charge >= 0.3 is 0 Å². The molecule has 2 unspecified atom stereocenters. The van der Waals surface area contributed by atoms with Crippen LogP contribution in [0.25, 0.3) is 0 Å². The van der Waals surface area contributed by atoms with Crippen LogP contribution in [0, 0.1) is 11.8 Å². The van der Waals surface area contributed by atoms with E-state index in [1.54, 1.807) is 12.1 Å². The third-order valence-electron chi connectivity index (χ3n) is 3.68. The SMILES string of the molecule is O=C(NCC1CCCC1CO)c1cccc(S)c1. The lowest BCUT2D eigenvalue weighted by Gasteiger charge is -2.17. The molecule has 0 saturated heterocycles. The molecule has 0 heterocycles. The summed E-state index contributed by atoms with van der Waals surface area (Å²) in [4.78, 5) is 12.7. The molecule has 0 radical (unpaired) electrons. The van der Waals surface area contributed by atoms with Crippen molar-refractivity contribution in [1.82, 2.24) is 5.32 Å². The van der Waals surface area contributed by atoms with Gasteiger partial charge in [0.1, 0.15) is 0 Å². The zero-order chi connectivity index (χ0) is 13.0. The van der Waals surface area contributed by atoms with Crippen LogP contribution in [0.3, 0.4) is 0 Å². The Kier molecular flexibility index (Phi) is 4.66. The second-order valence-corrected chi connectivity index (χ2v) is 5.41. The zero-order valence-electron chi connectivity index (χ0n) is 10.3. The van der Waals surface area contributed by atoms with Gasteiger partial charge in [0.05, 0.1) is 0 Å². The summed E-state index contributed by atoms with van der Waals surface area (Å²) in [5.74, 6) is 0.703. The first-order valence-electron chi connectivity index (χ1n) is 6.39. The second-order valence-electron chi connectivity index (χ2n) is 4.89. The van der Waals surface area contributed by atoms with Crippen molar-refractivity contribution in [1.29, 1.82) is 0 Å². The number of rotatable bonds is 4. The Labute approximate surface area is 113 Å². The van der Waals surface area contributed by atoms with Crippen LogP contribution >= 0.6 is 12.6 Å². The van der Waals surface area contributed by atoms with Crippen LogP contribution in [-0.2, 0) is 0 Å². The predicted octanol–water partition coefficient (Wildman–Crippen LogP) is 2.11. The standard InChI is InChI=1S/C14H19NO2S/c16-9-12-5-1-4-11(12)8-15-14(17)10-3-2-6-13(18)7-10/h2-3,6-7,11-12,16,18H,1,4-5,8-9H2,(H,15,17). The summed E-state index contributed by atoms with van der Waals surface area (Å²) in [6.45, 7) is 0.882. The van der Waals surface area contributed by atoms with Gasteiger partial charge in [-0.1, -0.05) is 12.5 Å². The van der Waals surface area contributed by atoms with Crippen LogP contribution < -0.4 is 5.32 Å². The van der Waals surface area contributed by atoms with E-state index < -0.39 is 0 Å². The lowest BCUT2D eigenvalue weighted by atomic mass is 9.97. The van der Waals surface area contributed by atoms with E-state index >= 15 is 0 Å². The summed E-state index contributed by atoms with van der Waals surface area (Å²) < 4.78 is 0. The van der Waals surface area contributed by atoms with Crippen molar-refractivity contribution < 1.29 is 9.90 Å². The van der Waals surface area contributed by atoms with E-state index in [2.05, 4.69) is 17.9 Å². The van der Waals surface area contributed by atoms with Crippen LogP contribution in [0.1, 0.15) is 29.6 Å². The van der Waals surface area contributed by atoms with Crippen LogP contribution in [0.2, 0.25) is 0 Å². The summed E-state index contributed by atoms with van der Waals surface area (Å²) >= 11 is 4.22. The van der Waals surface area contributed by atoms with E-state index in [1.807, 2.05) is 12.1 Å². The molecule has 2 atom stereocenters. The fourth-order valence-corrected chi connectivity index (χ4v) is 2.82. The van der Waals surface area contributed by atoms with Crippen molar-refractivity contribution in [2.24, 2.45) is 11.8 Å². The minimum Gasteiger partial charge on any atom is -0.396 e. The molecule has 0 aromatic heterocycles. The highest BCUT2D eigenvalue weighted by Crippen LogP contribution is 2.30. The molecule has 0 spiro atoms. The molecule has 0 bridgehead atoms. The summed E-state index contributed by atoms with van der Waals surface area (Å²) in [6.07, 6.45) is 3.32. The summed E-state index contributed by atoms with van der Waals surface area (Å²) in [7, 11) is 0. The first kappa shape index (κ1) is 13.4.